The first kappa shape index (κ1) is 17.2. The van der Waals surface area contributed by atoms with Gasteiger partial charge in [0.15, 0.2) is 11.0 Å². The van der Waals surface area contributed by atoms with Crippen molar-refractivity contribution in [1.82, 2.24) is 19.7 Å². The summed E-state index contributed by atoms with van der Waals surface area (Å²) in [6.45, 7) is 0. The number of para-hydroxylation sites is 1. The zero-order valence-corrected chi connectivity index (χ0v) is 15.6. The van der Waals surface area contributed by atoms with Gasteiger partial charge in [-0.25, -0.2) is 9.19 Å². The monoisotopic (exact) mass is 379 g/mol. The van der Waals surface area contributed by atoms with Crippen molar-refractivity contribution in [2.45, 2.75) is 4.90 Å². The molecule has 0 fully saturated rings. The maximum absolute atomic E-state index is 12.7. The van der Waals surface area contributed by atoms with Crippen LogP contribution < -0.4 is 9.46 Å². The summed E-state index contributed by atoms with van der Waals surface area (Å²) in [6, 6.07) is 13.0. The van der Waals surface area contributed by atoms with Gasteiger partial charge < -0.3 is 4.74 Å². The third-order valence-electron chi connectivity index (χ3n) is 4.16. The van der Waals surface area contributed by atoms with E-state index in [1.165, 1.54) is 0 Å². The maximum Gasteiger partial charge on any atom is 0.212 e. The fourth-order valence-electron chi connectivity index (χ4n) is 2.79. The molecule has 1 N–H and O–H groups in total. The molecule has 0 aliphatic heterocycles. The van der Waals surface area contributed by atoms with Gasteiger partial charge in [0.25, 0.3) is 0 Å². The maximum atomic E-state index is 12.7. The molecular weight excluding hydrogens is 362 g/mol. The topological polar surface area (TPSA) is 81.9 Å². The van der Waals surface area contributed by atoms with Crippen molar-refractivity contribution in [3.63, 3.8) is 0 Å². The Labute approximate surface area is 158 Å². The normalized spacial score (nSPS) is 12.1. The van der Waals surface area contributed by atoms with E-state index in [2.05, 4.69) is 19.8 Å². The van der Waals surface area contributed by atoms with E-state index in [0.717, 1.165) is 27.8 Å². The SMILES string of the molecule is COc1ccc(-c2ccc(S(=O)Nc3cccc4cnn(C)c34)cn2)cn1. The Kier molecular flexibility index (Phi) is 4.55. The van der Waals surface area contributed by atoms with Gasteiger partial charge in [-0.2, -0.15) is 5.10 Å². The van der Waals surface area contributed by atoms with Crippen molar-refractivity contribution in [2.75, 3.05) is 11.8 Å². The quantitative estimate of drug-likeness (QED) is 0.576. The number of nitrogens with zero attached hydrogens (tertiary/aromatic N) is 4. The number of benzene rings is 1. The van der Waals surface area contributed by atoms with Crippen LogP contribution in [-0.4, -0.2) is 31.1 Å². The second-order valence-electron chi connectivity index (χ2n) is 5.85. The third-order valence-corrected chi connectivity index (χ3v) is 5.23. The molecule has 8 heteroatoms. The second-order valence-corrected chi connectivity index (χ2v) is 7.06. The van der Waals surface area contributed by atoms with Crippen LogP contribution in [0.1, 0.15) is 0 Å². The van der Waals surface area contributed by atoms with Gasteiger partial charge in [0.2, 0.25) is 5.88 Å². The highest BCUT2D eigenvalue weighted by molar-refractivity contribution is 7.86. The average molecular weight is 379 g/mol. The van der Waals surface area contributed by atoms with Crippen LogP contribution >= 0.6 is 0 Å². The van der Waals surface area contributed by atoms with E-state index in [1.54, 1.807) is 42.5 Å². The summed E-state index contributed by atoms with van der Waals surface area (Å²) in [5.74, 6) is 0.546. The summed E-state index contributed by atoms with van der Waals surface area (Å²) < 4.78 is 22.6. The molecule has 0 amide bonds. The fourth-order valence-corrected chi connectivity index (χ4v) is 3.61. The minimum Gasteiger partial charge on any atom is -0.481 e. The first-order valence-corrected chi connectivity index (χ1v) is 9.36. The lowest BCUT2D eigenvalue weighted by Gasteiger charge is -2.09. The van der Waals surface area contributed by atoms with E-state index in [4.69, 9.17) is 4.74 Å². The summed E-state index contributed by atoms with van der Waals surface area (Å²) in [5, 5.41) is 5.23. The standard InChI is InChI=1S/C19H17N5O2S/c1-24-19-14(11-22-24)4-3-5-17(19)23-27(25)15-7-8-16(20-12-15)13-6-9-18(26-2)21-10-13/h3-12,23H,1-2H3. The number of hydrogen-bond donors (Lipinski definition) is 1. The van der Waals surface area contributed by atoms with Crippen LogP contribution in [0.15, 0.2) is 66.0 Å². The fraction of sp³-hybridized carbons (Fsp3) is 0.105. The highest BCUT2D eigenvalue weighted by Gasteiger charge is 2.11. The molecule has 4 rings (SSSR count). The van der Waals surface area contributed by atoms with Crippen LogP contribution in [-0.2, 0) is 18.0 Å². The predicted molar refractivity (Wildman–Crippen MR) is 105 cm³/mol. The van der Waals surface area contributed by atoms with Gasteiger partial charge in [0.05, 0.1) is 35.1 Å². The van der Waals surface area contributed by atoms with Crippen LogP contribution in [0.25, 0.3) is 22.2 Å². The summed E-state index contributed by atoms with van der Waals surface area (Å²) >= 11 is 0. The van der Waals surface area contributed by atoms with E-state index >= 15 is 0 Å². The zero-order valence-electron chi connectivity index (χ0n) is 14.8. The van der Waals surface area contributed by atoms with Crippen molar-refractivity contribution in [3.8, 4) is 17.1 Å². The van der Waals surface area contributed by atoms with Gasteiger partial charge in [0, 0.05) is 36.5 Å². The van der Waals surface area contributed by atoms with Gasteiger partial charge in [-0.3, -0.25) is 14.4 Å². The van der Waals surface area contributed by atoms with Crippen molar-refractivity contribution in [1.29, 1.82) is 0 Å². The Morgan fingerprint density at radius 2 is 1.93 bits per heavy atom. The minimum absolute atomic E-state index is 0.546. The largest absolute Gasteiger partial charge is 0.481 e. The molecule has 7 nitrogen and oxygen atoms in total. The molecule has 0 saturated carbocycles. The Morgan fingerprint density at radius 3 is 2.63 bits per heavy atom. The molecule has 1 atom stereocenters. The Morgan fingerprint density at radius 1 is 1.04 bits per heavy atom. The highest BCUT2D eigenvalue weighted by Crippen LogP contribution is 2.24. The summed E-state index contributed by atoms with van der Waals surface area (Å²) in [7, 11) is 1.99. The molecule has 27 heavy (non-hydrogen) atoms. The van der Waals surface area contributed by atoms with Crippen molar-refractivity contribution in [2.24, 2.45) is 7.05 Å². The number of fused-ring (bicyclic) bond motifs is 1. The van der Waals surface area contributed by atoms with Crippen molar-refractivity contribution < 1.29 is 8.95 Å². The molecule has 1 aromatic carbocycles. The number of rotatable bonds is 5. The van der Waals surface area contributed by atoms with Crippen LogP contribution in [0.3, 0.4) is 0 Å². The number of anilines is 1. The van der Waals surface area contributed by atoms with Crippen LogP contribution in [0.5, 0.6) is 5.88 Å². The van der Waals surface area contributed by atoms with E-state index in [9.17, 15) is 4.21 Å². The van der Waals surface area contributed by atoms with E-state index in [1.807, 2.05) is 37.4 Å². The molecule has 0 bridgehead atoms. The predicted octanol–water partition coefficient (Wildman–Crippen LogP) is 3.17. The lowest BCUT2D eigenvalue weighted by molar-refractivity contribution is 0.398. The Balaban J connectivity index is 1.56. The van der Waals surface area contributed by atoms with Gasteiger partial charge in [-0.05, 0) is 24.3 Å². The summed E-state index contributed by atoms with van der Waals surface area (Å²) in [4.78, 5) is 9.16. The lowest BCUT2D eigenvalue weighted by atomic mass is 10.2. The van der Waals surface area contributed by atoms with Crippen LogP contribution in [0, 0.1) is 0 Å². The molecule has 136 valence electrons. The number of nitrogens with one attached hydrogen (secondary N) is 1. The highest BCUT2D eigenvalue weighted by atomic mass is 32.2. The number of aromatic nitrogens is 4. The number of hydrogen-bond acceptors (Lipinski definition) is 5. The van der Waals surface area contributed by atoms with Crippen LogP contribution in [0.2, 0.25) is 0 Å². The smallest absolute Gasteiger partial charge is 0.212 e. The molecule has 0 aliphatic carbocycles. The third kappa shape index (κ3) is 3.39. The second kappa shape index (κ2) is 7.16. The molecule has 0 spiro atoms. The molecular formula is C19H17N5O2S. The molecule has 0 radical (unpaired) electrons. The first-order chi connectivity index (χ1) is 13.2. The van der Waals surface area contributed by atoms with Crippen LogP contribution in [0.4, 0.5) is 5.69 Å². The van der Waals surface area contributed by atoms with Gasteiger partial charge >= 0.3 is 0 Å². The molecule has 3 heterocycles. The Hall–Kier alpha value is -3.26. The van der Waals surface area contributed by atoms with E-state index in [0.29, 0.717) is 10.8 Å². The van der Waals surface area contributed by atoms with Gasteiger partial charge in [0.1, 0.15) is 0 Å². The van der Waals surface area contributed by atoms with E-state index in [-0.39, 0.29) is 0 Å². The number of aryl methyl sites for hydroxylation is 1. The molecule has 4 aromatic rings. The number of methoxy groups -OCH3 is 1. The molecule has 1 unspecified atom stereocenters. The minimum atomic E-state index is -1.44. The first-order valence-electron chi connectivity index (χ1n) is 8.21. The van der Waals surface area contributed by atoms with E-state index < -0.39 is 11.0 Å². The Bertz CT molecular complexity index is 1110. The van der Waals surface area contributed by atoms with Gasteiger partial charge in [-0.1, -0.05) is 12.1 Å². The molecule has 0 aliphatic rings. The number of pyridine rings is 2. The zero-order chi connectivity index (χ0) is 18.8. The van der Waals surface area contributed by atoms with Crippen molar-refractivity contribution >= 4 is 27.6 Å². The summed E-state index contributed by atoms with van der Waals surface area (Å²) in [6.07, 6.45) is 5.08. The molecule has 0 saturated heterocycles. The summed E-state index contributed by atoms with van der Waals surface area (Å²) in [5.41, 5.74) is 3.27. The van der Waals surface area contributed by atoms with Gasteiger partial charge in [-0.15, -0.1) is 0 Å². The molecule has 3 aromatic heterocycles. The number of ether oxygens (including phenoxy) is 1. The van der Waals surface area contributed by atoms with Crippen molar-refractivity contribution in [3.05, 3.63) is 61.1 Å². The average Bonchev–Trinajstić information content (AvgIpc) is 3.10. The lowest BCUT2D eigenvalue weighted by Crippen LogP contribution is -2.06.